The summed E-state index contributed by atoms with van der Waals surface area (Å²) < 4.78 is 0. The highest BCUT2D eigenvalue weighted by molar-refractivity contribution is 6.32. The molecule has 18 heavy (non-hydrogen) atoms. The summed E-state index contributed by atoms with van der Waals surface area (Å²) in [4.78, 5) is 22.1. The maximum Gasteiger partial charge on any atom is 0.225 e. The average Bonchev–Trinajstić information content (AvgIpc) is 3.23. The molecule has 4 nitrogen and oxygen atoms in total. The van der Waals surface area contributed by atoms with Crippen LogP contribution in [0.5, 0.6) is 0 Å². The highest BCUT2D eigenvalue weighted by Gasteiger charge is 2.34. The van der Waals surface area contributed by atoms with Crippen molar-refractivity contribution in [2.45, 2.75) is 19.3 Å². The minimum absolute atomic E-state index is 0.269. The summed E-state index contributed by atoms with van der Waals surface area (Å²) in [6.45, 7) is 1.42. The van der Waals surface area contributed by atoms with E-state index in [4.69, 9.17) is 11.6 Å². The molecule has 2 heterocycles. The van der Waals surface area contributed by atoms with Gasteiger partial charge in [-0.15, -0.1) is 0 Å². The molecule has 0 saturated heterocycles. The third-order valence-corrected chi connectivity index (χ3v) is 3.64. The minimum atomic E-state index is 0.269. The summed E-state index contributed by atoms with van der Waals surface area (Å²) in [7, 11) is 0. The van der Waals surface area contributed by atoms with Crippen molar-refractivity contribution in [3.05, 3.63) is 29.3 Å². The minimum Gasteiger partial charge on any atom is -0.338 e. The molecule has 1 aliphatic heterocycles. The zero-order chi connectivity index (χ0) is 12.5. The lowest BCUT2D eigenvalue weighted by molar-refractivity contribution is -0.132. The van der Waals surface area contributed by atoms with Crippen LogP contribution >= 0.6 is 11.6 Å². The predicted octanol–water partition coefficient (Wildman–Crippen LogP) is 2.16. The van der Waals surface area contributed by atoms with Gasteiger partial charge < -0.3 is 4.90 Å². The quantitative estimate of drug-likeness (QED) is 0.821. The van der Waals surface area contributed by atoms with E-state index in [0.29, 0.717) is 11.6 Å². The normalized spacial score (nSPS) is 19.6. The van der Waals surface area contributed by atoms with Crippen LogP contribution in [0.15, 0.2) is 18.6 Å². The van der Waals surface area contributed by atoms with E-state index in [9.17, 15) is 4.79 Å². The molecule has 0 bridgehead atoms. The van der Waals surface area contributed by atoms with E-state index in [1.54, 1.807) is 6.20 Å². The number of carbonyl (C=O) groups excluding carboxylic acids is 1. The predicted molar refractivity (Wildman–Crippen MR) is 68.9 cm³/mol. The molecule has 5 heteroatoms. The number of aromatic nitrogens is 2. The Balaban J connectivity index is 1.79. The topological polar surface area (TPSA) is 46.1 Å². The number of nitrogens with zero attached hydrogens (tertiary/aromatic N) is 3. The number of hydrogen-bond donors (Lipinski definition) is 0. The van der Waals surface area contributed by atoms with Crippen LogP contribution in [0.3, 0.4) is 0 Å². The molecular formula is C13H14ClN3O. The molecule has 3 rings (SSSR count). The number of halogens is 1. The largest absolute Gasteiger partial charge is 0.338 e. The van der Waals surface area contributed by atoms with E-state index < -0.39 is 0 Å². The van der Waals surface area contributed by atoms with Crippen LogP contribution < -0.4 is 0 Å². The molecular weight excluding hydrogens is 250 g/mol. The van der Waals surface area contributed by atoms with Gasteiger partial charge in [-0.2, -0.15) is 0 Å². The fourth-order valence-electron chi connectivity index (χ4n) is 2.24. The number of amides is 1. The monoisotopic (exact) mass is 263 g/mol. The first-order valence-corrected chi connectivity index (χ1v) is 6.57. The van der Waals surface area contributed by atoms with Gasteiger partial charge in [-0.1, -0.05) is 17.7 Å². The Labute approximate surface area is 111 Å². The molecule has 94 valence electrons. The highest BCUT2D eigenvalue weighted by Crippen LogP contribution is 2.33. The molecule has 1 aromatic heterocycles. The van der Waals surface area contributed by atoms with Gasteiger partial charge in [-0.05, 0) is 24.8 Å². The van der Waals surface area contributed by atoms with Gasteiger partial charge in [0.05, 0.1) is 10.7 Å². The Morgan fingerprint density at radius 2 is 2.28 bits per heavy atom. The maximum atomic E-state index is 12.1. The summed E-state index contributed by atoms with van der Waals surface area (Å²) in [5.41, 5.74) is 1.78. The van der Waals surface area contributed by atoms with Crippen molar-refractivity contribution in [2.24, 2.45) is 5.92 Å². The first kappa shape index (κ1) is 11.7. The van der Waals surface area contributed by atoms with Gasteiger partial charge in [-0.25, -0.2) is 9.97 Å². The van der Waals surface area contributed by atoms with Crippen LogP contribution in [0.2, 0.25) is 5.02 Å². The van der Waals surface area contributed by atoms with Crippen molar-refractivity contribution in [1.29, 1.82) is 0 Å². The van der Waals surface area contributed by atoms with Gasteiger partial charge in [0.15, 0.2) is 0 Å². The first-order valence-electron chi connectivity index (χ1n) is 6.19. The molecule has 2 aliphatic rings. The molecule has 0 radical (unpaired) electrons. The van der Waals surface area contributed by atoms with E-state index in [0.717, 1.165) is 37.1 Å². The maximum absolute atomic E-state index is 12.1. The lowest BCUT2D eigenvalue weighted by Gasteiger charge is -2.27. The van der Waals surface area contributed by atoms with Crippen LogP contribution in [-0.4, -0.2) is 33.9 Å². The van der Waals surface area contributed by atoms with Gasteiger partial charge in [0.2, 0.25) is 5.91 Å². The Kier molecular flexibility index (Phi) is 3.04. The SMILES string of the molecule is O=C(C1CC1)N1CCC=C(c2ncncc2Cl)C1. The number of hydrogen-bond acceptors (Lipinski definition) is 3. The molecule has 0 N–H and O–H groups in total. The standard InChI is InChI=1S/C13H14ClN3O/c14-11-6-15-8-16-12(11)10-2-1-5-17(7-10)13(18)9-3-4-9/h2,6,8-9H,1,3-5,7H2. The first-order chi connectivity index (χ1) is 8.75. The Hall–Kier alpha value is -1.42. The Bertz CT molecular complexity index is 511. The van der Waals surface area contributed by atoms with Crippen molar-refractivity contribution in [3.63, 3.8) is 0 Å². The van der Waals surface area contributed by atoms with E-state index in [1.165, 1.54) is 6.33 Å². The van der Waals surface area contributed by atoms with Crippen molar-refractivity contribution in [1.82, 2.24) is 14.9 Å². The van der Waals surface area contributed by atoms with Gasteiger partial charge >= 0.3 is 0 Å². The second kappa shape index (κ2) is 4.69. The van der Waals surface area contributed by atoms with Crippen LogP contribution in [-0.2, 0) is 4.79 Å². The molecule has 1 amide bonds. The molecule has 0 spiro atoms. The van der Waals surface area contributed by atoms with E-state index in [1.807, 2.05) is 4.90 Å². The summed E-state index contributed by atoms with van der Waals surface area (Å²) >= 11 is 6.09. The van der Waals surface area contributed by atoms with Crippen molar-refractivity contribution in [3.8, 4) is 0 Å². The fourth-order valence-corrected chi connectivity index (χ4v) is 2.47. The second-order valence-corrected chi connectivity index (χ2v) is 5.18. The fraction of sp³-hybridized carbons (Fsp3) is 0.462. The van der Waals surface area contributed by atoms with E-state index in [2.05, 4.69) is 16.0 Å². The van der Waals surface area contributed by atoms with E-state index >= 15 is 0 Å². The third kappa shape index (κ3) is 2.25. The lowest BCUT2D eigenvalue weighted by Crippen LogP contribution is -2.36. The Morgan fingerprint density at radius 3 is 3.00 bits per heavy atom. The van der Waals surface area contributed by atoms with Crippen LogP contribution in [0.4, 0.5) is 0 Å². The van der Waals surface area contributed by atoms with Crippen LogP contribution in [0.1, 0.15) is 25.0 Å². The number of carbonyl (C=O) groups is 1. The molecule has 1 saturated carbocycles. The summed E-state index contributed by atoms with van der Waals surface area (Å²) in [6, 6.07) is 0. The molecule has 0 atom stereocenters. The summed E-state index contributed by atoms with van der Waals surface area (Å²) in [6.07, 6.45) is 8.15. The van der Waals surface area contributed by atoms with Gasteiger partial charge in [0, 0.05) is 25.2 Å². The van der Waals surface area contributed by atoms with Crippen LogP contribution in [0, 0.1) is 5.92 Å². The van der Waals surface area contributed by atoms with Crippen molar-refractivity contribution >= 4 is 23.1 Å². The molecule has 1 fully saturated rings. The summed E-state index contributed by atoms with van der Waals surface area (Å²) in [5, 5.41) is 0.546. The second-order valence-electron chi connectivity index (χ2n) is 4.77. The number of rotatable bonds is 2. The zero-order valence-electron chi connectivity index (χ0n) is 9.97. The average molecular weight is 264 g/mol. The third-order valence-electron chi connectivity index (χ3n) is 3.36. The highest BCUT2D eigenvalue weighted by atomic mass is 35.5. The van der Waals surface area contributed by atoms with Crippen molar-refractivity contribution in [2.75, 3.05) is 13.1 Å². The van der Waals surface area contributed by atoms with Gasteiger partial charge in [0.25, 0.3) is 0 Å². The lowest BCUT2D eigenvalue weighted by atomic mass is 10.1. The molecule has 0 aromatic carbocycles. The summed E-state index contributed by atoms with van der Waals surface area (Å²) in [5.74, 6) is 0.552. The zero-order valence-corrected chi connectivity index (χ0v) is 10.7. The molecule has 0 unspecified atom stereocenters. The van der Waals surface area contributed by atoms with Crippen molar-refractivity contribution < 1.29 is 4.79 Å². The van der Waals surface area contributed by atoms with E-state index in [-0.39, 0.29) is 11.8 Å². The smallest absolute Gasteiger partial charge is 0.225 e. The molecule has 1 aliphatic carbocycles. The van der Waals surface area contributed by atoms with Gasteiger partial charge in [-0.3, -0.25) is 4.79 Å². The Morgan fingerprint density at radius 1 is 1.44 bits per heavy atom. The molecule has 1 aromatic rings. The van der Waals surface area contributed by atoms with Crippen LogP contribution in [0.25, 0.3) is 5.57 Å². The van der Waals surface area contributed by atoms with Gasteiger partial charge in [0.1, 0.15) is 6.33 Å².